The van der Waals surface area contributed by atoms with Crippen LogP contribution in [-0.4, -0.2) is 28.4 Å². The van der Waals surface area contributed by atoms with Crippen LogP contribution in [0.1, 0.15) is 6.92 Å². The molecule has 0 amide bonds. The van der Waals surface area contributed by atoms with Gasteiger partial charge in [-0.3, -0.25) is 0 Å². The zero-order valence-corrected chi connectivity index (χ0v) is 7.75. The zero-order valence-electron chi connectivity index (χ0n) is 7.75. The van der Waals surface area contributed by atoms with Gasteiger partial charge in [-0.05, 0) is 19.1 Å². The van der Waals surface area contributed by atoms with Gasteiger partial charge in [0.25, 0.3) is 0 Å². The highest BCUT2D eigenvalue weighted by Gasteiger charge is 2.24. The van der Waals surface area contributed by atoms with E-state index in [2.05, 4.69) is 0 Å². The van der Waals surface area contributed by atoms with Gasteiger partial charge in [-0.2, -0.15) is 0 Å². The second-order valence-electron chi connectivity index (χ2n) is 2.93. The lowest BCUT2D eigenvalue weighted by molar-refractivity contribution is -0.149. The third kappa shape index (κ3) is 2.74. The maximum atomic E-state index is 10.7. The summed E-state index contributed by atoms with van der Waals surface area (Å²) in [4.78, 5) is 10.7. The molecule has 0 bridgehead atoms. The predicted molar refractivity (Wildman–Crippen MR) is 50.2 cm³/mol. The van der Waals surface area contributed by atoms with Gasteiger partial charge >= 0.3 is 5.97 Å². The molecule has 0 radical (unpaired) electrons. The van der Waals surface area contributed by atoms with E-state index in [1.807, 2.05) is 0 Å². The molecule has 0 aromatic heterocycles. The minimum Gasteiger partial charge on any atom is -0.478 e. The number of para-hydroxylation sites is 1. The molecule has 0 saturated carbocycles. The molecule has 0 spiro atoms. The number of aliphatic hydroxyl groups is 1. The normalized spacial score (nSPS) is 14.4. The van der Waals surface area contributed by atoms with Gasteiger partial charge in [0.1, 0.15) is 5.75 Å². The van der Waals surface area contributed by atoms with E-state index in [1.54, 1.807) is 30.3 Å². The zero-order chi connectivity index (χ0) is 10.6. The summed E-state index contributed by atoms with van der Waals surface area (Å²) < 4.78 is 5.09. The molecule has 14 heavy (non-hydrogen) atoms. The lowest BCUT2D eigenvalue weighted by Crippen LogP contribution is -2.37. The molecule has 0 aliphatic heterocycles. The van der Waals surface area contributed by atoms with Crippen molar-refractivity contribution >= 4 is 5.97 Å². The van der Waals surface area contributed by atoms with Crippen LogP contribution in [0.25, 0.3) is 0 Å². The Hall–Kier alpha value is -1.55. The topological polar surface area (TPSA) is 66.8 Å². The maximum absolute atomic E-state index is 10.7. The van der Waals surface area contributed by atoms with E-state index >= 15 is 0 Å². The van der Waals surface area contributed by atoms with E-state index in [0.717, 1.165) is 0 Å². The summed E-state index contributed by atoms with van der Waals surface area (Å²) in [5.41, 5.74) is 0. The molecular weight excluding hydrogens is 184 g/mol. The number of aliphatic hydroxyl groups excluding tert-OH is 1. The summed E-state index contributed by atoms with van der Waals surface area (Å²) in [6.45, 7) is 1.38. The lowest BCUT2D eigenvalue weighted by Gasteiger charge is -2.17. The van der Waals surface area contributed by atoms with Crippen molar-refractivity contribution in [2.24, 2.45) is 0 Å². The van der Waals surface area contributed by atoms with Gasteiger partial charge in [0.2, 0.25) is 6.10 Å². The Morgan fingerprint density at radius 1 is 1.36 bits per heavy atom. The Bertz CT molecular complexity index is 294. The van der Waals surface area contributed by atoms with Crippen molar-refractivity contribution in [3.8, 4) is 5.75 Å². The highest BCUT2D eigenvalue weighted by molar-refractivity contribution is 5.73. The number of benzene rings is 1. The van der Waals surface area contributed by atoms with Crippen molar-refractivity contribution in [3.05, 3.63) is 30.3 Å². The van der Waals surface area contributed by atoms with Crippen molar-refractivity contribution < 1.29 is 19.7 Å². The average Bonchev–Trinajstić information content (AvgIpc) is 2.15. The number of hydrogen-bond acceptors (Lipinski definition) is 3. The van der Waals surface area contributed by atoms with Crippen LogP contribution in [0.4, 0.5) is 0 Å². The van der Waals surface area contributed by atoms with E-state index in [1.165, 1.54) is 6.92 Å². The van der Waals surface area contributed by atoms with Gasteiger partial charge < -0.3 is 14.9 Å². The third-order valence-corrected chi connectivity index (χ3v) is 1.69. The van der Waals surface area contributed by atoms with Crippen LogP contribution in [0.2, 0.25) is 0 Å². The molecule has 0 aliphatic rings. The van der Waals surface area contributed by atoms with Crippen LogP contribution in [0.5, 0.6) is 5.75 Å². The van der Waals surface area contributed by atoms with Gasteiger partial charge in [-0.25, -0.2) is 4.79 Å². The minimum absolute atomic E-state index is 0.431. The van der Waals surface area contributed by atoms with Crippen molar-refractivity contribution in [1.82, 2.24) is 0 Å². The predicted octanol–water partition coefficient (Wildman–Crippen LogP) is 0.899. The molecule has 0 heterocycles. The molecule has 76 valence electrons. The van der Waals surface area contributed by atoms with Crippen molar-refractivity contribution in [3.63, 3.8) is 0 Å². The first-order chi connectivity index (χ1) is 6.61. The molecule has 2 unspecified atom stereocenters. The highest BCUT2D eigenvalue weighted by atomic mass is 16.5. The molecule has 2 N–H and O–H groups in total. The summed E-state index contributed by atoms with van der Waals surface area (Å²) >= 11 is 0. The number of carbonyl (C=O) groups is 1. The summed E-state index contributed by atoms with van der Waals surface area (Å²) in [6, 6.07) is 8.54. The number of rotatable bonds is 4. The first kappa shape index (κ1) is 10.5. The molecule has 4 heteroatoms. The monoisotopic (exact) mass is 196 g/mol. The highest BCUT2D eigenvalue weighted by Crippen LogP contribution is 2.12. The SMILES string of the molecule is CC(O)C(Oc1ccccc1)C(=O)O. The van der Waals surface area contributed by atoms with Crippen LogP contribution in [-0.2, 0) is 4.79 Å². The Kier molecular flexibility index (Phi) is 3.48. The number of carboxylic acid groups (broad SMARTS) is 1. The second kappa shape index (κ2) is 4.62. The fourth-order valence-corrected chi connectivity index (χ4v) is 1.00. The van der Waals surface area contributed by atoms with Gasteiger partial charge in [0.15, 0.2) is 0 Å². The molecule has 1 rings (SSSR count). The summed E-state index contributed by atoms with van der Waals surface area (Å²) in [5.74, 6) is -0.746. The molecule has 2 atom stereocenters. The Morgan fingerprint density at radius 3 is 2.36 bits per heavy atom. The number of aliphatic carboxylic acids is 1. The maximum Gasteiger partial charge on any atom is 0.347 e. The summed E-state index contributed by atoms with van der Waals surface area (Å²) in [6.07, 6.45) is -2.27. The number of hydrogen-bond donors (Lipinski definition) is 2. The van der Waals surface area contributed by atoms with Gasteiger partial charge in [0.05, 0.1) is 6.10 Å². The van der Waals surface area contributed by atoms with Crippen molar-refractivity contribution in [1.29, 1.82) is 0 Å². The first-order valence-corrected chi connectivity index (χ1v) is 4.24. The lowest BCUT2D eigenvalue weighted by atomic mass is 10.2. The molecule has 0 aliphatic carbocycles. The Balaban J connectivity index is 2.70. The van der Waals surface area contributed by atoms with Crippen LogP contribution in [0.15, 0.2) is 30.3 Å². The molecular formula is C10H12O4. The average molecular weight is 196 g/mol. The third-order valence-electron chi connectivity index (χ3n) is 1.69. The van der Waals surface area contributed by atoms with Crippen molar-refractivity contribution in [2.45, 2.75) is 19.1 Å². The number of carboxylic acids is 1. The fourth-order valence-electron chi connectivity index (χ4n) is 1.00. The van der Waals surface area contributed by atoms with E-state index in [4.69, 9.17) is 14.9 Å². The van der Waals surface area contributed by atoms with Crippen LogP contribution < -0.4 is 4.74 Å². The van der Waals surface area contributed by atoms with Crippen LogP contribution >= 0.6 is 0 Å². The molecule has 0 fully saturated rings. The summed E-state index contributed by atoms with van der Waals surface area (Å²) in [5, 5.41) is 17.9. The standard InChI is InChI=1S/C10H12O4/c1-7(11)9(10(12)13)14-8-5-3-2-4-6-8/h2-7,9,11H,1H3,(H,12,13). The molecule has 1 aromatic carbocycles. The van der Waals surface area contributed by atoms with Gasteiger partial charge in [0, 0.05) is 0 Å². The number of ether oxygens (including phenoxy) is 1. The largest absolute Gasteiger partial charge is 0.478 e. The van der Waals surface area contributed by atoms with Crippen LogP contribution in [0, 0.1) is 0 Å². The minimum atomic E-state index is -1.22. The van der Waals surface area contributed by atoms with E-state index < -0.39 is 18.2 Å². The second-order valence-corrected chi connectivity index (χ2v) is 2.93. The summed E-state index contributed by atoms with van der Waals surface area (Å²) in [7, 11) is 0. The first-order valence-electron chi connectivity index (χ1n) is 4.24. The molecule has 4 nitrogen and oxygen atoms in total. The van der Waals surface area contributed by atoms with Crippen LogP contribution in [0.3, 0.4) is 0 Å². The smallest absolute Gasteiger partial charge is 0.347 e. The van der Waals surface area contributed by atoms with Gasteiger partial charge in [-0.15, -0.1) is 0 Å². The van der Waals surface area contributed by atoms with E-state index in [9.17, 15) is 4.79 Å². The van der Waals surface area contributed by atoms with E-state index in [0.29, 0.717) is 5.75 Å². The van der Waals surface area contributed by atoms with Crippen molar-refractivity contribution in [2.75, 3.05) is 0 Å². The molecule has 1 aromatic rings. The van der Waals surface area contributed by atoms with Gasteiger partial charge in [-0.1, -0.05) is 18.2 Å². The quantitative estimate of drug-likeness (QED) is 0.750. The molecule has 0 saturated heterocycles. The van der Waals surface area contributed by atoms with E-state index in [-0.39, 0.29) is 0 Å². The fraction of sp³-hybridized carbons (Fsp3) is 0.300. The Labute approximate surface area is 81.8 Å². The Morgan fingerprint density at radius 2 is 1.93 bits per heavy atom.